The highest BCUT2D eigenvalue weighted by Gasteiger charge is 2.41. The number of nitrogens with zero attached hydrogens (tertiary/aromatic N) is 3. The first-order valence-electron chi connectivity index (χ1n) is 9.93. The molecule has 3 aromatic rings. The maximum absolute atomic E-state index is 5.71. The van der Waals surface area contributed by atoms with Crippen LogP contribution in [0.4, 0.5) is 0 Å². The van der Waals surface area contributed by atoms with Crippen molar-refractivity contribution in [3.63, 3.8) is 0 Å². The van der Waals surface area contributed by atoms with Crippen LogP contribution in [0.2, 0.25) is 0 Å². The number of nitrogens with one attached hydrogen (secondary N) is 1. The molecular weight excluding hydrogens is 396 g/mol. The number of ether oxygens (including phenoxy) is 2. The van der Waals surface area contributed by atoms with E-state index >= 15 is 0 Å². The zero-order chi connectivity index (χ0) is 21.1. The Kier molecular flexibility index (Phi) is 6.01. The first-order valence-corrected chi connectivity index (χ1v) is 10.3. The molecule has 1 aliphatic rings. The normalized spacial score (nSPS) is 18.5. The molecule has 0 radical (unpaired) electrons. The lowest BCUT2D eigenvalue weighted by molar-refractivity contribution is 0.163. The van der Waals surface area contributed by atoms with Crippen molar-refractivity contribution in [2.45, 2.75) is 19.0 Å². The average Bonchev–Trinajstić information content (AvgIpc) is 3.32. The van der Waals surface area contributed by atoms with Crippen LogP contribution in [0.1, 0.15) is 29.2 Å². The molecule has 1 saturated heterocycles. The van der Waals surface area contributed by atoms with E-state index in [1.165, 1.54) is 0 Å². The van der Waals surface area contributed by atoms with Crippen molar-refractivity contribution in [3.8, 4) is 11.4 Å². The van der Waals surface area contributed by atoms with Gasteiger partial charge >= 0.3 is 0 Å². The highest BCUT2D eigenvalue weighted by molar-refractivity contribution is 7.80. The van der Waals surface area contributed by atoms with Crippen molar-refractivity contribution in [2.75, 3.05) is 27.4 Å². The second-order valence-corrected chi connectivity index (χ2v) is 7.63. The summed E-state index contributed by atoms with van der Waals surface area (Å²) in [6.07, 6.45) is 1.82. The smallest absolute Gasteiger partial charge is 0.170 e. The molecule has 156 valence electrons. The molecule has 0 amide bonds. The fourth-order valence-corrected chi connectivity index (χ4v) is 4.36. The van der Waals surface area contributed by atoms with E-state index in [0.717, 1.165) is 28.5 Å². The Bertz CT molecular complexity index is 1000. The summed E-state index contributed by atoms with van der Waals surface area (Å²) >= 11 is 5.71. The molecule has 2 atom stereocenters. The predicted molar refractivity (Wildman–Crippen MR) is 121 cm³/mol. The highest BCUT2D eigenvalue weighted by Crippen LogP contribution is 2.40. The summed E-state index contributed by atoms with van der Waals surface area (Å²) in [4.78, 5) is 6.81. The van der Waals surface area contributed by atoms with Gasteiger partial charge in [-0.05, 0) is 67.7 Å². The predicted octanol–water partition coefficient (Wildman–Crippen LogP) is 3.81. The Hall–Kier alpha value is -2.90. The van der Waals surface area contributed by atoms with Crippen LogP contribution in [-0.2, 0) is 4.74 Å². The fraction of sp³-hybridized carbons (Fsp3) is 0.304. The minimum atomic E-state index is -0.0538. The lowest BCUT2D eigenvalue weighted by Crippen LogP contribution is -2.33. The molecule has 1 aliphatic heterocycles. The van der Waals surface area contributed by atoms with Crippen molar-refractivity contribution in [1.29, 1.82) is 0 Å². The topological polar surface area (TPSA) is 51.5 Å². The molecule has 2 aromatic heterocycles. The molecule has 0 unspecified atom stereocenters. The lowest BCUT2D eigenvalue weighted by atomic mass is 10.0. The minimum Gasteiger partial charge on any atom is -0.497 e. The Morgan fingerprint density at radius 3 is 2.53 bits per heavy atom. The SMILES string of the molecule is COCCN1C(=S)N[C@@H](c2ccccn2)[C@@H]1c1ccc(C)n1-c1ccc(OC)cc1. The van der Waals surface area contributed by atoms with Crippen LogP contribution in [0.25, 0.3) is 5.69 Å². The molecule has 4 rings (SSSR count). The van der Waals surface area contributed by atoms with E-state index in [1.54, 1.807) is 14.2 Å². The summed E-state index contributed by atoms with van der Waals surface area (Å²) in [5.41, 5.74) is 4.35. The third kappa shape index (κ3) is 3.78. The third-order valence-corrected chi connectivity index (χ3v) is 5.83. The number of aryl methyl sites for hydroxylation is 1. The van der Waals surface area contributed by atoms with Gasteiger partial charge in [-0.15, -0.1) is 0 Å². The van der Waals surface area contributed by atoms with Crippen LogP contribution < -0.4 is 10.1 Å². The molecule has 1 aromatic carbocycles. The molecule has 0 aliphatic carbocycles. The molecule has 6 nitrogen and oxygen atoms in total. The standard InChI is InChI=1S/C23H26N4O2S/c1-16-7-12-20(27(16)17-8-10-18(29-3)11-9-17)22-21(19-6-4-5-13-24-19)25-23(30)26(22)14-15-28-2/h4-13,21-22H,14-15H2,1-3H3,(H,25,30)/t21-,22-/m0/s1. The summed E-state index contributed by atoms with van der Waals surface area (Å²) in [7, 11) is 3.39. The first kappa shape index (κ1) is 20.4. The second kappa shape index (κ2) is 8.85. The fourth-order valence-electron chi connectivity index (χ4n) is 4.03. The van der Waals surface area contributed by atoms with Gasteiger partial charge in [-0.1, -0.05) is 6.07 Å². The van der Waals surface area contributed by atoms with Crippen molar-refractivity contribution < 1.29 is 9.47 Å². The number of pyridine rings is 1. The summed E-state index contributed by atoms with van der Waals surface area (Å²) in [6.45, 7) is 3.41. The van der Waals surface area contributed by atoms with E-state index in [4.69, 9.17) is 21.7 Å². The maximum atomic E-state index is 5.71. The second-order valence-electron chi connectivity index (χ2n) is 7.25. The van der Waals surface area contributed by atoms with E-state index in [9.17, 15) is 0 Å². The van der Waals surface area contributed by atoms with E-state index in [1.807, 2.05) is 36.5 Å². The van der Waals surface area contributed by atoms with E-state index < -0.39 is 0 Å². The molecular formula is C23H26N4O2S. The quantitative estimate of drug-likeness (QED) is 0.585. The number of thiocarbonyl (C=S) groups is 1. The molecule has 0 spiro atoms. The van der Waals surface area contributed by atoms with E-state index in [0.29, 0.717) is 18.3 Å². The molecule has 3 heterocycles. The highest BCUT2D eigenvalue weighted by atomic mass is 32.1. The molecule has 1 N–H and O–H groups in total. The van der Waals surface area contributed by atoms with Gasteiger partial charge in [0.2, 0.25) is 0 Å². The zero-order valence-corrected chi connectivity index (χ0v) is 18.2. The van der Waals surface area contributed by atoms with E-state index in [-0.39, 0.29) is 12.1 Å². The van der Waals surface area contributed by atoms with Crippen LogP contribution >= 0.6 is 12.2 Å². The van der Waals surface area contributed by atoms with Gasteiger partial charge in [0.05, 0.1) is 31.5 Å². The largest absolute Gasteiger partial charge is 0.497 e. The van der Waals surface area contributed by atoms with Crippen LogP contribution in [-0.4, -0.2) is 46.9 Å². The van der Waals surface area contributed by atoms with Crippen molar-refractivity contribution >= 4 is 17.3 Å². The number of aromatic nitrogens is 2. The van der Waals surface area contributed by atoms with Gasteiger partial charge in [0, 0.05) is 36.9 Å². The summed E-state index contributed by atoms with van der Waals surface area (Å²) in [6, 6.07) is 18.3. The molecule has 7 heteroatoms. The third-order valence-electron chi connectivity index (χ3n) is 5.47. The van der Waals surface area contributed by atoms with Crippen molar-refractivity contribution in [1.82, 2.24) is 19.8 Å². The summed E-state index contributed by atoms with van der Waals surface area (Å²) in [5, 5.41) is 4.21. The zero-order valence-electron chi connectivity index (χ0n) is 17.4. The van der Waals surface area contributed by atoms with Crippen molar-refractivity contribution in [3.05, 3.63) is 77.9 Å². The number of methoxy groups -OCH3 is 2. The van der Waals surface area contributed by atoms with Crippen LogP contribution in [0, 0.1) is 6.92 Å². The van der Waals surface area contributed by atoms with E-state index in [2.05, 4.69) is 51.0 Å². The minimum absolute atomic E-state index is 0.0154. The molecule has 30 heavy (non-hydrogen) atoms. The van der Waals surface area contributed by atoms with Gasteiger partial charge in [-0.3, -0.25) is 4.98 Å². The Balaban J connectivity index is 1.81. The van der Waals surface area contributed by atoms with Gasteiger partial charge in [0.1, 0.15) is 5.75 Å². The maximum Gasteiger partial charge on any atom is 0.170 e. The number of benzene rings is 1. The molecule has 0 saturated carbocycles. The molecule has 0 bridgehead atoms. The Labute approximate surface area is 182 Å². The van der Waals surface area contributed by atoms with Crippen LogP contribution in [0.5, 0.6) is 5.75 Å². The van der Waals surface area contributed by atoms with Gasteiger partial charge < -0.3 is 24.3 Å². The average molecular weight is 423 g/mol. The number of hydrogen-bond acceptors (Lipinski definition) is 4. The Morgan fingerprint density at radius 1 is 1.07 bits per heavy atom. The van der Waals surface area contributed by atoms with Crippen LogP contribution in [0.3, 0.4) is 0 Å². The monoisotopic (exact) mass is 422 g/mol. The van der Waals surface area contributed by atoms with Crippen molar-refractivity contribution in [2.24, 2.45) is 0 Å². The van der Waals surface area contributed by atoms with Gasteiger partial charge in [-0.2, -0.15) is 0 Å². The number of rotatable bonds is 7. The van der Waals surface area contributed by atoms with Gasteiger partial charge in [0.25, 0.3) is 0 Å². The molecule has 1 fully saturated rings. The van der Waals surface area contributed by atoms with Gasteiger partial charge in [-0.25, -0.2) is 0 Å². The lowest BCUT2D eigenvalue weighted by Gasteiger charge is -2.29. The Morgan fingerprint density at radius 2 is 1.87 bits per heavy atom. The van der Waals surface area contributed by atoms with Crippen LogP contribution in [0.15, 0.2) is 60.8 Å². The summed E-state index contributed by atoms with van der Waals surface area (Å²) < 4.78 is 13.0. The van der Waals surface area contributed by atoms with Gasteiger partial charge in [0.15, 0.2) is 5.11 Å². The first-order chi connectivity index (χ1) is 14.6. The summed E-state index contributed by atoms with van der Waals surface area (Å²) in [5.74, 6) is 0.835. The number of hydrogen-bond donors (Lipinski definition) is 1.